The van der Waals surface area contributed by atoms with E-state index in [1.54, 1.807) is 24.1 Å². The standard InChI is InChI=1S/C12H18N2O3S/c1-9(14(3)10(2)15)8-11-4-6-12(7-5-11)18(13,16)17/h4-7,9H,8H2,1-3H3,(H2,13,16,17). The molecule has 0 aromatic heterocycles. The quantitative estimate of drug-likeness (QED) is 0.876. The molecule has 0 fully saturated rings. The number of carbonyl (C=O) groups is 1. The Morgan fingerprint density at radius 3 is 2.22 bits per heavy atom. The van der Waals surface area contributed by atoms with E-state index in [4.69, 9.17) is 5.14 Å². The van der Waals surface area contributed by atoms with Crippen LogP contribution in [-0.4, -0.2) is 32.3 Å². The summed E-state index contributed by atoms with van der Waals surface area (Å²) in [4.78, 5) is 12.9. The highest BCUT2D eigenvalue weighted by atomic mass is 32.2. The fraction of sp³-hybridized carbons (Fsp3) is 0.417. The van der Waals surface area contributed by atoms with Crippen LogP contribution in [0.4, 0.5) is 0 Å². The van der Waals surface area contributed by atoms with E-state index in [0.717, 1.165) is 5.56 Å². The summed E-state index contributed by atoms with van der Waals surface area (Å²) in [7, 11) is -1.90. The summed E-state index contributed by atoms with van der Waals surface area (Å²) in [6, 6.07) is 6.44. The Morgan fingerprint density at radius 2 is 1.83 bits per heavy atom. The van der Waals surface area contributed by atoms with Crippen LogP contribution in [-0.2, 0) is 21.2 Å². The minimum atomic E-state index is -3.64. The minimum absolute atomic E-state index is 0.00339. The van der Waals surface area contributed by atoms with Gasteiger partial charge in [0, 0.05) is 20.0 Å². The molecule has 0 saturated carbocycles. The van der Waals surface area contributed by atoms with E-state index in [0.29, 0.717) is 6.42 Å². The van der Waals surface area contributed by atoms with Crippen molar-refractivity contribution in [2.75, 3.05) is 7.05 Å². The molecule has 1 aromatic rings. The Morgan fingerprint density at radius 1 is 1.33 bits per heavy atom. The second kappa shape index (κ2) is 5.49. The number of likely N-dealkylation sites (N-methyl/N-ethyl adjacent to an activating group) is 1. The van der Waals surface area contributed by atoms with E-state index in [-0.39, 0.29) is 16.8 Å². The van der Waals surface area contributed by atoms with Crippen molar-refractivity contribution in [3.05, 3.63) is 29.8 Å². The number of carbonyl (C=O) groups excluding carboxylic acids is 1. The number of sulfonamides is 1. The molecule has 0 aliphatic carbocycles. The summed E-state index contributed by atoms with van der Waals surface area (Å²) in [5.74, 6) is 0.00339. The molecule has 1 amide bonds. The molecule has 1 atom stereocenters. The molecular formula is C12H18N2O3S. The fourth-order valence-electron chi connectivity index (χ4n) is 1.60. The zero-order valence-electron chi connectivity index (χ0n) is 10.8. The topological polar surface area (TPSA) is 80.5 Å². The Hall–Kier alpha value is -1.40. The van der Waals surface area contributed by atoms with Crippen LogP contribution in [0.1, 0.15) is 19.4 Å². The molecule has 0 saturated heterocycles. The highest BCUT2D eigenvalue weighted by Crippen LogP contribution is 2.12. The van der Waals surface area contributed by atoms with Gasteiger partial charge in [-0.25, -0.2) is 13.6 Å². The van der Waals surface area contributed by atoms with Crippen molar-refractivity contribution in [1.29, 1.82) is 0 Å². The number of nitrogens with two attached hydrogens (primary N) is 1. The lowest BCUT2D eigenvalue weighted by Gasteiger charge is -2.23. The smallest absolute Gasteiger partial charge is 0.238 e. The maximum atomic E-state index is 11.2. The van der Waals surface area contributed by atoms with Gasteiger partial charge < -0.3 is 4.90 Å². The lowest BCUT2D eigenvalue weighted by Crippen LogP contribution is -2.34. The van der Waals surface area contributed by atoms with Gasteiger partial charge in [0.05, 0.1) is 4.90 Å². The summed E-state index contributed by atoms with van der Waals surface area (Å²) >= 11 is 0. The lowest BCUT2D eigenvalue weighted by molar-refractivity contribution is -0.129. The highest BCUT2D eigenvalue weighted by Gasteiger charge is 2.13. The molecule has 6 heteroatoms. The molecule has 0 spiro atoms. The van der Waals surface area contributed by atoms with Gasteiger partial charge in [-0.3, -0.25) is 4.79 Å². The maximum Gasteiger partial charge on any atom is 0.238 e. The molecule has 2 N–H and O–H groups in total. The van der Waals surface area contributed by atoms with E-state index in [2.05, 4.69) is 0 Å². The van der Waals surface area contributed by atoms with E-state index >= 15 is 0 Å². The summed E-state index contributed by atoms with van der Waals surface area (Å²) in [5, 5.41) is 5.02. The molecule has 5 nitrogen and oxygen atoms in total. The first-order chi connectivity index (χ1) is 8.21. The van der Waals surface area contributed by atoms with E-state index in [1.165, 1.54) is 19.1 Å². The van der Waals surface area contributed by atoms with Gasteiger partial charge in [0.25, 0.3) is 0 Å². The van der Waals surface area contributed by atoms with Gasteiger partial charge in [-0.15, -0.1) is 0 Å². The lowest BCUT2D eigenvalue weighted by atomic mass is 10.1. The number of primary sulfonamides is 1. The molecule has 1 aromatic carbocycles. The third-order valence-electron chi connectivity index (χ3n) is 2.94. The molecule has 0 heterocycles. The third-order valence-corrected chi connectivity index (χ3v) is 3.87. The number of benzene rings is 1. The van der Waals surface area contributed by atoms with Crippen molar-refractivity contribution in [2.45, 2.75) is 31.2 Å². The summed E-state index contributed by atoms with van der Waals surface area (Å²) < 4.78 is 22.2. The van der Waals surface area contributed by atoms with Gasteiger partial charge in [-0.1, -0.05) is 12.1 Å². The van der Waals surface area contributed by atoms with Crippen LogP contribution in [0.5, 0.6) is 0 Å². The summed E-state index contributed by atoms with van der Waals surface area (Å²) in [6.07, 6.45) is 0.668. The SMILES string of the molecule is CC(=O)N(C)C(C)Cc1ccc(S(N)(=O)=O)cc1. The van der Waals surface area contributed by atoms with Crippen LogP contribution in [0.15, 0.2) is 29.2 Å². The number of hydrogen-bond acceptors (Lipinski definition) is 3. The van der Waals surface area contributed by atoms with Crippen LogP contribution in [0.2, 0.25) is 0 Å². The van der Waals surface area contributed by atoms with Crippen LogP contribution >= 0.6 is 0 Å². The van der Waals surface area contributed by atoms with Crippen molar-refractivity contribution in [3.8, 4) is 0 Å². The zero-order chi connectivity index (χ0) is 13.9. The number of rotatable bonds is 4. The molecule has 0 radical (unpaired) electrons. The average molecular weight is 270 g/mol. The largest absolute Gasteiger partial charge is 0.343 e. The third kappa shape index (κ3) is 3.82. The van der Waals surface area contributed by atoms with Crippen molar-refractivity contribution in [3.63, 3.8) is 0 Å². The van der Waals surface area contributed by atoms with Crippen molar-refractivity contribution in [2.24, 2.45) is 5.14 Å². The fourth-order valence-corrected chi connectivity index (χ4v) is 2.12. The summed E-state index contributed by atoms with van der Waals surface area (Å²) in [5.41, 5.74) is 0.961. The van der Waals surface area contributed by atoms with Gasteiger partial charge >= 0.3 is 0 Å². The van der Waals surface area contributed by atoms with Gasteiger partial charge in [-0.2, -0.15) is 0 Å². The molecule has 100 valence electrons. The number of hydrogen-bond donors (Lipinski definition) is 1. The monoisotopic (exact) mass is 270 g/mol. The van der Waals surface area contributed by atoms with Crippen LogP contribution in [0.3, 0.4) is 0 Å². The van der Waals surface area contributed by atoms with Gasteiger partial charge in [-0.05, 0) is 31.0 Å². The molecule has 0 aliphatic heterocycles. The molecule has 1 unspecified atom stereocenters. The van der Waals surface area contributed by atoms with Crippen molar-refractivity contribution < 1.29 is 13.2 Å². The second-order valence-corrected chi connectivity index (χ2v) is 5.93. The first-order valence-corrected chi connectivity index (χ1v) is 7.11. The van der Waals surface area contributed by atoms with Gasteiger partial charge in [0.2, 0.25) is 15.9 Å². The van der Waals surface area contributed by atoms with E-state index in [9.17, 15) is 13.2 Å². The van der Waals surface area contributed by atoms with Crippen LogP contribution in [0.25, 0.3) is 0 Å². The molecular weight excluding hydrogens is 252 g/mol. The first-order valence-electron chi connectivity index (χ1n) is 5.57. The Kier molecular flexibility index (Phi) is 4.48. The Bertz CT molecular complexity index is 523. The summed E-state index contributed by atoms with van der Waals surface area (Å²) in [6.45, 7) is 3.45. The van der Waals surface area contributed by atoms with Crippen LogP contribution < -0.4 is 5.14 Å². The van der Waals surface area contributed by atoms with Crippen LogP contribution in [0, 0.1) is 0 Å². The normalized spacial score (nSPS) is 13.1. The first kappa shape index (κ1) is 14.7. The van der Waals surface area contributed by atoms with Gasteiger partial charge in [0.1, 0.15) is 0 Å². The molecule has 0 aliphatic rings. The maximum absolute atomic E-state index is 11.2. The molecule has 0 bridgehead atoms. The number of amides is 1. The number of nitrogens with zero attached hydrogens (tertiary/aromatic N) is 1. The van der Waals surface area contributed by atoms with Crippen molar-refractivity contribution >= 4 is 15.9 Å². The predicted molar refractivity (Wildman–Crippen MR) is 69.4 cm³/mol. The highest BCUT2D eigenvalue weighted by molar-refractivity contribution is 7.89. The molecule has 18 heavy (non-hydrogen) atoms. The Balaban J connectivity index is 2.79. The average Bonchev–Trinajstić information content (AvgIpc) is 2.27. The van der Waals surface area contributed by atoms with E-state index < -0.39 is 10.0 Å². The zero-order valence-corrected chi connectivity index (χ0v) is 11.6. The minimum Gasteiger partial charge on any atom is -0.343 e. The van der Waals surface area contributed by atoms with E-state index in [1.807, 2.05) is 6.92 Å². The van der Waals surface area contributed by atoms with Crippen molar-refractivity contribution in [1.82, 2.24) is 4.90 Å². The van der Waals surface area contributed by atoms with Gasteiger partial charge in [0.15, 0.2) is 0 Å². The predicted octanol–water partition coefficient (Wildman–Crippen LogP) is 0.743. The Labute approximate surface area is 108 Å². The molecule has 1 rings (SSSR count). The second-order valence-electron chi connectivity index (χ2n) is 4.37.